The number of nitrogens with zero attached hydrogens (tertiary/aromatic N) is 4. The molecule has 0 spiro atoms. The minimum atomic E-state index is -0.560. The number of esters is 1. The first-order valence-corrected chi connectivity index (χ1v) is 11.9. The van der Waals surface area contributed by atoms with Crippen LogP contribution in [-0.2, 0) is 27.4 Å². The monoisotopic (exact) mass is 464 g/mol. The van der Waals surface area contributed by atoms with Gasteiger partial charge in [0.05, 0.1) is 24.4 Å². The highest BCUT2D eigenvalue weighted by atomic mass is 16.5. The molecule has 2 aliphatic heterocycles. The van der Waals surface area contributed by atoms with Crippen molar-refractivity contribution in [1.82, 2.24) is 19.7 Å². The number of ether oxygens (including phenoxy) is 1. The Labute approximate surface area is 200 Å². The molecule has 180 valence electrons. The average Bonchev–Trinajstić information content (AvgIpc) is 3.12. The first-order chi connectivity index (χ1) is 16.4. The zero-order chi connectivity index (χ0) is 24.1. The van der Waals surface area contributed by atoms with Crippen molar-refractivity contribution >= 4 is 17.9 Å². The van der Waals surface area contributed by atoms with Crippen LogP contribution in [0.4, 0.5) is 4.79 Å². The molecular weight excluding hydrogens is 432 g/mol. The van der Waals surface area contributed by atoms with Crippen LogP contribution in [0.15, 0.2) is 42.5 Å². The summed E-state index contributed by atoms with van der Waals surface area (Å²) in [5, 5.41) is 0. The van der Waals surface area contributed by atoms with Crippen molar-refractivity contribution in [1.29, 1.82) is 0 Å². The van der Waals surface area contributed by atoms with Crippen LogP contribution in [0, 0.1) is 5.92 Å². The molecule has 8 heteroatoms. The van der Waals surface area contributed by atoms with Crippen molar-refractivity contribution in [3.8, 4) is 11.3 Å². The minimum absolute atomic E-state index is 0.00851. The van der Waals surface area contributed by atoms with Crippen molar-refractivity contribution in [2.75, 3.05) is 33.3 Å². The summed E-state index contributed by atoms with van der Waals surface area (Å²) in [5.74, 6) is -1.30. The van der Waals surface area contributed by atoms with Gasteiger partial charge in [0, 0.05) is 25.2 Å². The molecule has 34 heavy (non-hydrogen) atoms. The number of likely N-dealkylation sites (tertiary alicyclic amines) is 1. The molecule has 0 saturated carbocycles. The molecule has 4 rings (SSSR count). The van der Waals surface area contributed by atoms with Gasteiger partial charge in [-0.1, -0.05) is 43.7 Å². The first-order valence-electron chi connectivity index (χ1n) is 11.9. The van der Waals surface area contributed by atoms with Crippen LogP contribution >= 0.6 is 0 Å². The second-order valence-electron chi connectivity index (χ2n) is 9.12. The Kier molecular flexibility index (Phi) is 7.57. The van der Waals surface area contributed by atoms with E-state index in [1.54, 1.807) is 6.92 Å². The number of aromatic nitrogens is 1. The lowest BCUT2D eigenvalue weighted by molar-refractivity contribution is -0.145. The summed E-state index contributed by atoms with van der Waals surface area (Å²) in [5.41, 5.74) is 3.95. The molecule has 3 amide bonds. The normalized spacial score (nSPS) is 17.8. The largest absolute Gasteiger partial charge is 0.469 e. The van der Waals surface area contributed by atoms with Gasteiger partial charge in [0.25, 0.3) is 0 Å². The fourth-order valence-corrected chi connectivity index (χ4v) is 4.52. The second-order valence-corrected chi connectivity index (χ2v) is 9.12. The Bertz CT molecular complexity index is 1030. The molecule has 2 aromatic rings. The van der Waals surface area contributed by atoms with Crippen LogP contribution in [-0.4, -0.2) is 70.9 Å². The predicted octanol–water partition coefficient (Wildman–Crippen LogP) is 3.31. The van der Waals surface area contributed by atoms with Gasteiger partial charge in [-0.3, -0.25) is 24.4 Å². The van der Waals surface area contributed by atoms with E-state index in [-0.39, 0.29) is 25.0 Å². The molecule has 1 atom stereocenters. The van der Waals surface area contributed by atoms with Crippen LogP contribution < -0.4 is 0 Å². The van der Waals surface area contributed by atoms with Gasteiger partial charge in [-0.25, -0.2) is 4.79 Å². The Morgan fingerprint density at radius 1 is 1.03 bits per heavy atom. The highest BCUT2D eigenvalue weighted by Gasteiger charge is 2.37. The van der Waals surface area contributed by atoms with Crippen molar-refractivity contribution < 1.29 is 19.1 Å². The standard InChI is InChI=1S/C26H32N4O4/c1-19(25(32)34-2)15-30-24(31)18-29(26(30)33)16-20-9-11-21(12-10-20)23-8-6-7-22(27-23)17-28-13-4-3-5-14-28/h6-12,19H,3-5,13-18H2,1-2H3. The van der Waals surface area contributed by atoms with Gasteiger partial charge < -0.3 is 9.64 Å². The molecule has 2 aliphatic rings. The number of hydrogen-bond donors (Lipinski definition) is 0. The molecular formula is C26H32N4O4. The van der Waals surface area contributed by atoms with Crippen LogP contribution in [0.1, 0.15) is 37.4 Å². The van der Waals surface area contributed by atoms with Gasteiger partial charge in [0.2, 0.25) is 5.91 Å². The van der Waals surface area contributed by atoms with Crippen LogP contribution in [0.25, 0.3) is 11.3 Å². The lowest BCUT2D eigenvalue weighted by Crippen LogP contribution is -2.38. The molecule has 3 heterocycles. The molecule has 0 radical (unpaired) electrons. The highest BCUT2D eigenvalue weighted by molar-refractivity contribution is 6.02. The minimum Gasteiger partial charge on any atom is -0.469 e. The summed E-state index contributed by atoms with van der Waals surface area (Å²) < 4.78 is 4.70. The number of urea groups is 1. The van der Waals surface area contributed by atoms with Crippen molar-refractivity contribution in [2.45, 2.75) is 39.3 Å². The number of piperidine rings is 1. The zero-order valence-corrected chi connectivity index (χ0v) is 19.9. The SMILES string of the molecule is COC(=O)C(C)CN1C(=O)CN(Cc2ccc(-c3cccc(CN4CCCCC4)n3)cc2)C1=O. The smallest absolute Gasteiger partial charge is 0.327 e. The van der Waals surface area contributed by atoms with E-state index in [0.717, 1.165) is 47.0 Å². The molecule has 0 bridgehead atoms. The number of imide groups is 1. The lowest BCUT2D eigenvalue weighted by atomic mass is 10.1. The maximum Gasteiger partial charge on any atom is 0.327 e. The third kappa shape index (κ3) is 5.62. The number of hydrogen-bond acceptors (Lipinski definition) is 6. The Balaban J connectivity index is 1.38. The fourth-order valence-electron chi connectivity index (χ4n) is 4.52. The van der Waals surface area contributed by atoms with Gasteiger partial charge in [-0.15, -0.1) is 0 Å². The third-order valence-corrected chi connectivity index (χ3v) is 6.45. The second kappa shape index (κ2) is 10.8. The van der Waals surface area contributed by atoms with E-state index in [4.69, 9.17) is 9.72 Å². The summed E-state index contributed by atoms with van der Waals surface area (Å²) >= 11 is 0. The van der Waals surface area contributed by atoms with Crippen molar-refractivity contribution in [2.24, 2.45) is 5.92 Å². The molecule has 2 fully saturated rings. The molecule has 2 saturated heterocycles. The van der Waals surface area contributed by atoms with Crippen LogP contribution in [0.5, 0.6) is 0 Å². The average molecular weight is 465 g/mol. The number of amides is 3. The molecule has 1 aromatic heterocycles. The maximum absolute atomic E-state index is 12.7. The highest BCUT2D eigenvalue weighted by Crippen LogP contribution is 2.22. The predicted molar refractivity (Wildman–Crippen MR) is 128 cm³/mol. The summed E-state index contributed by atoms with van der Waals surface area (Å²) in [7, 11) is 1.29. The van der Waals surface area contributed by atoms with E-state index in [2.05, 4.69) is 11.0 Å². The Morgan fingerprint density at radius 2 is 1.76 bits per heavy atom. The van der Waals surface area contributed by atoms with Crippen LogP contribution in [0.3, 0.4) is 0 Å². The summed E-state index contributed by atoms with van der Waals surface area (Å²) in [6.45, 7) is 5.16. The number of carbonyl (C=O) groups excluding carboxylic acids is 3. The number of pyridine rings is 1. The van der Waals surface area contributed by atoms with Gasteiger partial charge in [0.15, 0.2) is 0 Å². The fraction of sp³-hybridized carbons (Fsp3) is 0.462. The quantitative estimate of drug-likeness (QED) is 0.440. The Morgan fingerprint density at radius 3 is 2.47 bits per heavy atom. The summed E-state index contributed by atoms with van der Waals surface area (Å²) in [6.07, 6.45) is 3.83. The van der Waals surface area contributed by atoms with Gasteiger partial charge in [0.1, 0.15) is 6.54 Å². The number of carbonyl (C=O) groups is 3. The van der Waals surface area contributed by atoms with Crippen LogP contribution in [0.2, 0.25) is 0 Å². The van der Waals surface area contributed by atoms with Gasteiger partial charge in [-0.05, 0) is 43.6 Å². The summed E-state index contributed by atoms with van der Waals surface area (Å²) in [4.78, 5) is 46.7. The van der Waals surface area contributed by atoms with E-state index in [9.17, 15) is 14.4 Å². The van der Waals surface area contributed by atoms with Gasteiger partial charge in [-0.2, -0.15) is 0 Å². The third-order valence-electron chi connectivity index (χ3n) is 6.45. The van der Waals surface area contributed by atoms with Gasteiger partial charge >= 0.3 is 12.0 Å². The zero-order valence-electron chi connectivity index (χ0n) is 19.9. The molecule has 8 nitrogen and oxygen atoms in total. The first kappa shape index (κ1) is 23.9. The van der Waals surface area contributed by atoms with E-state index < -0.39 is 11.9 Å². The van der Waals surface area contributed by atoms with Crippen molar-refractivity contribution in [3.05, 3.63) is 53.7 Å². The molecule has 1 unspecified atom stereocenters. The van der Waals surface area contributed by atoms with Crippen molar-refractivity contribution in [3.63, 3.8) is 0 Å². The molecule has 0 N–H and O–H groups in total. The van der Waals surface area contributed by atoms with E-state index in [1.165, 1.54) is 31.3 Å². The van der Waals surface area contributed by atoms with E-state index in [1.807, 2.05) is 36.4 Å². The number of benzene rings is 1. The van der Waals surface area contributed by atoms with E-state index in [0.29, 0.717) is 6.54 Å². The number of methoxy groups -OCH3 is 1. The van der Waals surface area contributed by atoms with E-state index >= 15 is 0 Å². The Hall–Kier alpha value is -3.26. The topological polar surface area (TPSA) is 83.1 Å². The maximum atomic E-state index is 12.7. The molecule has 1 aromatic carbocycles. The molecule has 0 aliphatic carbocycles. The lowest BCUT2D eigenvalue weighted by Gasteiger charge is -2.26. The summed E-state index contributed by atoms with van der Waals surface area (Å²) in [6, 6.07) is 13.7. The number of rotatable bonds is 8.